The third-order valence-corrected chi connectivity index (χ3v) is 3.48. The Morgan fingerprint density at radius 1 is 1.21 bits per heavy atom. The third-order valence-electron chi connectivity index (χ3n) is 2.76. The number of carbonyl (C=O) groups is 1. The van der Waals surface area contributed by atoms with Crippen LogP contribution in [0.15, 0.2) is 46.9 Å². The van der Waals surface area contributed by atoms with Crippen LogP contribution in [0.2, 0.25) is 0 Å². The second-order valence-corrected chi connectivity index (χ2v) is 4.93. The molecule has 3 nitrogen and oxygen atoms in total. The molecular formula is C14H12BrFN2O. The van der Waals surface area contributed by atoms with E-state index in [2.05, 4.69) is 15.9 Å². The molecule has 2 N–H and O–H groups in total. The third kappa shape index (κ3) is 2.93. The number of carbonyl (C=O) groups excluding carboxylic acids is 1. The number of benzene rings is 2. The Kier molecular flexibility index (Phi) is 3.85. The number of amides is 1. The van der Waals surface area contributed by atoms with Crippen molar-refractivity contribution in [1.29, 1.82) is 0 Å². The van der Waals surface area contributed by atoms with Gasteiger partial charge in [0.2, 0.25) is 0 Å². The van der Waals surface area contributed by atoms with E-state index in [1.54, 1.807) is 37.4 Å². The molecule has 0 saturated carbocycles. The van der Waals surface area contributed by atoms with Gasteiger partial charge in [0.05, 0.1) is 0 Å². The summed E-state index contributed by atoms with van der Waals surface area (Å²) in [6.45, 7) is 0. The maximum absolute atomic E-state index is 12.8. The van der Waals surface area contributed by atoms with E-state index < -0.39 is 0 Å². The van der Waals surface area contributed by atoms with E-state index in [4.69, 9.17) is 5.73 Å². The van der Waals surface area contributed by atoms with Gasteiger partial charge < -0.3 is 10.6 Å². The molecule has 0 heterocycles. The quantitative estimate of drug-likeness (QED) is 0.861. The Morgan fingerprint density at radius 2 is 1.84 bits per heavy atom. The van der Waals surface area contributed by atoms with Gasteiger partial charge in [0.25, 0.3) is 5.91 Å². The fraction of sp³-hybridized carbons (Fsp3) is 0.0714. The van der Waals surface area contributed by atoms with Gasteiger partial charge in [-0.15, -0.1) is 0 Å². The molecule has 0 saturated heterocycles. The molecule has 0 aliphatic heterocycles. The van der Waals surface area contributed by atoms with Gasteiger partial charge in [-0.05, 0) is 58.4 Å². The second kappa shape index (κ2) is 5.40. The Morgan fingerprint density at radius 3 is 2.42 bits per heavy atom. The first-order valence-electron chi connectivity index (χ1n) is 5.57. The monoisotopic (exact) mass is 322 g/mol. The number of hydrogen-bond donors (Lipinski definition) is 1. The standard InChI is InChI=1S/C14H12BrFN2O/c1-18(11-5-3-10(16)4-6-11)14(19)9-2-7-12(15)13(17)8-9/h2-8H,17H2,1H3. The summed E-state index contributed by atoms with van der Waals surface area (Å²) < 4.78 is 13.6. The lowest BCUT2D eigenvalue weighted by atomic mass is 10.1. The summed E-state index contributed by atoms with van der Waals surface area (Å²) in [5.74, 6) is -0.539. The highest BCUT2D eigenvalue weighted by molar-refractivity contribution is 9.10. The molecule has 0 radical (unpaired) electrons. The van der Waals surface area contributed by atoms with Crippen LogP contribution in [0.3, 0.4) is 0 Å². The molecule has 19 heavy (non-hydrogen) atoms. The smallest absolute Gasteiger partial charge is 0.258 e. The molecule has 0 spiro atoms. The number of halogens is 2. The van der Waals surface area contributed by atoms with Crippen LogP contribution in [0, 0.1) is 5.82 Å². The van der Waals surface area contributed by atoms with Crippen molar-refractivity contribution >= 4 is 33.2 Å². The first-order valence-corrected chi connectivity index (χ1v) is 6.37. The highest BCUT2D eigenvalue weighted by atomic mass is 79.9. The minimum atomic E-state index is -0.336. The van der Waals surface area contributed by atoms with Crippen molar-refractivity contribution in [3.63, 3.8) is 0 Å². The minimum absolute atomic E-state index is 0.203. The van der Waals surface area contributed by atoms with Gasteiger partial charge in [-0.25, -0.2) is 4.39 Å². The van der Waals surface area contributed by atoms with E-state index >= 15 is 0 Å². The Balaban J connectivity index is 2.28. The maximum Gasteiger partial charge on any atom is 0.258 e. The normalized spacial score (nSPS) is 10.3. The van der Waals surface area contributed by atoms with Gasteiger partial charge >= 0.3 is 0 Å². The van der Waals surface area contributed by atoms with Gasteiger partial charge in [0.1, 0.15) is 5.82 Å². The number of nitrogens with two attached hydrogens (primary N) is 1. The summed E-state index contributed by atoms with van der Waals surface area (Å²) in [7, 11) is 1.63. The van der Waals surface area contributed by atoms with E-state index in [-0.39, 0.29) is 11.7 Å². The molecule has 0 aliphatic rings. The van der Waals surface area contributed by atoms with Crippen LogP contribution < -0.4 is 10.6 Å². The van der Waals surface area contributed by atoms with Crippen LogP contribution in [0.25, 0.3) is 0 Å². The zero-order valence-electron chi connectivity index (χ0n) is 10.2. The lowest BCUT2D eigenvalue weighted by Gasteiger charge is -2.17. The molecule has 98 valence electrons. The molecule has 0 atom stereocenters. The van der Waals surface area contributed by atoms with Gasteiger partial charge in [0, 0.05) is 28.5 Å². The summed E-state index contributed by atoms with van der Waals surface area (Å²) in [5, 5.41) is 0. The average molecular weight is 323 g/mol. The average Bonchev–Trinajstić information content (AvgIpc) is 2.41. The predicted molar refractivity (Wildman–Crippen MR) is 77.7 cm³/mol. The molecule has 2 aromatic rings. The summed E-state index contributed by atoms with van der Waals surface area (Å²) in [6, 6.07) is 10.7. The molecule has 0 aliphatic carbocycles. The van der Waals surface area contributed by atoms with E-state index in [1.165, 1.54) is 17.0 Å². The maximum atomic E-state index is 12.8. The van der Waals surface area contributed by atoms with Crippen molar-refractivity contribution in [1.82, 2.24) is 0 Å². The van der Waals surface area contributed by atoms with Crippen LogP contribution in [0.4, 0.5) is 15.8 Å². The largest absolute Gasteiger partial charge is 0.398 e. The molecular weight excluding hydrogens is 311 g/mol. The zero-order valence-corrected chi connectivity index (χ0v) is 11.8. The SMILES string of the molecule is CN(C(=O)c1ccc(Br)c(N)c1)c1ccc(F)cc1. The lowest BCUT2D eigenvalue weighted by molar-refractivity contribution is 0.0993. The van der Waals surface area contributed by atoms with Crippen LogP contribution >= 0.6 is 15.9 Å². The number of nitrogen functional groups attached to an aromatic ring is 1. The predicted octanol–water partition coefficient (Wildman–Crippen LogP) is 3.45. The fourth-order valence-electron chi connectivity index (χ4n) is 1.65. The number of anilines is 2. The van der Waals surface area contributed by atoms with E-state index in [0.29, 0.717) is 16.9 Å². The number of hydrogen-bond acceptors (Lipinski definition) is 2. The van der Waals surface area contributed by atoms with Crippen LogP contribution in [0.1, 0.15) is 10.4 Å². The van der Waals surface area contributed by atoms with Crippen LogP contribution in [-0.4, -0.2) is 13.0 Å². The summed E-state index contributed by atoms with van der Waals surface area (Å²) in [6.07, 6.45) is 0. The molecule has 5 heteroatoms. The van der Waals surface area contributed by atoms with Crippen molar-refractivity contribution in [2.75, 3.05) is 17.7 Å². The zero-order chi connectivity index (χ0) is 14.0. The molecule has 2 rings (SSSR count). The summed E-state index contributed by atoms with van der Waals surface area (Å²) in [5.41, 5.74) is 7.35. The van der Waals surface area contributed by atoms with Crippen molar-refractivity contribution < 1.29 is 9.18 Å². The van der Waals surface area contributed by atoms with Gasteiger partial charge in [-0.2, -0.15) is 0 Å². The van der Waals surface area contributed by atoms with Crippen molar-refractivity contribution in [2.45, 2.75) is 0 Å². The van der Waals surface area contributed by atoms with E-state index in [1.807, 2.05) is 0 Å². The molecule has 0 bridgehead atoms. The van der Waals surface area contributed by atoms with Gasteiger partial charge in [-0.1, -0.05) is 0 Å². The summed E-state index contributed by atoms with van der Waals surface area (Å²) >= 11 is 3.28. The first-order chi connectivity index (χ1) is 8.99. The molecule has 2 aromatic carbocycles. The topological polar surface area (TPSA) is 46.3 Å². The van der Waals surface area contributed by atoms with E-state index in [9.17, 15) is 9.18 Å². The van der Waals surface area contributed by atoms with Crippen LogP contribution in [0.5, 0.6) is 0 Å². The molecule has 0 fully saturated rings. The highest BCUT2D eigenvalue weighted by Gasteiger charge is 2.14. The second-order valence-electron chi connectivity index (χ2n) is 4.08. The number of rotatable bonds is 2. The number of nitrogens with zero attached hydrogens (tertiary/aromatic N) is 1. The van der Waals surface area contributed by atoms with Crippen molar-refractivity contribution in [3.8, 4) is 0 Å². The highest BCUT2D eigenvalue weighted by Crippen LogP contribution is 2.22. The van der Waals surface area contributed by atoms with Crippen molar-refractivity contribution in [3.05, 3.63) is 58.3 Å². The van der Waals surface area contributed by atoms with Crippen molar-refractivity contribution in [2.24, 2.45) is 0 Å². The molecule has 0 unspecified atom stereocenters. The molecule has 1 amide bonds. The Bertz CT molecular complexity index is 613. The lowest BCUT2D eigenvalue weighted by Crippen LogP contribution is -2.26. The van der Waals surface area contributed by atoms with Gasteiger partial charge in [-0.3, -0.25) is 4.79 Å². The van der Waals surface area contributed by atoms with Crippen LogP contribution in [-0.2, 0) is 0 Å². The Labute approximate surface area is 119 Å². The minimum Gasteiger partial charge on any atom is -0.398 e. The fourth-order valence-corrected chi connectivity index (χ4v) is 1.90. The first kappa shape index (κ1) is 13.5. The van der Waals surface area contributed by atoms with E-state index in [0.717, 1.165) is 4.47 Å². The molecule has 0 aromatic heterocycles. The summed E-state index contributed by atoms with van der Waals surface area (Å²) in [4.78, 5) is 13.7. The Hall–Kier alpha value is -1.88. The van der Waals surface area contributed by atoms with Gasteiger partial charge in [0.15, 0.2) is 0 Å².